The second-order valence-corrected chi connectivity index (χ2v) is 3.66. The first-order chi connectivity index (χ1) is 4.88. The second-order valence-electron chi connectivity index (χ2n) is 3.66. The zero-order chi connectivity index (χ0) is 6.97. The van der Waals surface area contributed by atoms with E-state index in [4.69, 9.17) is 5.11 Å². The molecule has 0 aromatic carbocycles. The van der Waals surface area contributed by atoms with E-state index in [2.05, 4.69) is 5.32 Å². The molecule has 2 fully saturated rings. The summed E-state index contributed by atoms with van der Waals surface area (Å²) in [5.41, 5.74) is 0. The lowest BCUT2D eigenvalue weighted by Crippen LogP contribution is -2.38. The topological polar surface area (TPSA) is 32.3 Å². The molecule has 0 amide bonds. The van der Waals surface area contributed by atoms with Gasteiger partial charge in [0.15, 0.2) is 0 Å². The van der Waals surface area contributed by atoms with Crippen molar-refractivity contribution in [3.63, 3.8) is 0 Å². The van der Waals surface area contributed by atoms with Crippen LogP contribution in [0.2, 0.25) is 0 Å². The van der Waals surface area contributed by atoms with E-state index in [1.807, 2.05) is 0 Å². The van der Waals surface area contributed by atoms with Crippen LogP contribution in [0.15, 0.2) is 0 Å². The number of piperidine rings is 1. The Morgan fingerprint density at radius 1 is 1.18 bits per heavy atom. The van der Waals surface area contributed by atoms with E-state index in [1.54, 1.807) is 0 Å². The van der Waals surface area contributed by atoms with Crippen LogP contribution in [0.4, 0.5) is 0 Å². The minimum absolute atomic E-state index is 0. The van der Waals surface area contributed by atoms with Crippen LogP contribution in [0.1, 0.15) is 25.7 Å². The third kappa shape index (κ3) is 1.86. The maximum atomic E-state index is 8.93. The first-order valence-electron chi connectivity index (χ1n) is 4.25. The summed E-state index contributed by atoms with van der Waals surface area (Å²) in [4.78, 5) is 0. The van der Waals surface area contributed by atoms with Gasteiger partial charge < -0.3 is 10.4 Å². The molecule has 2 aliphatic heterocycles. The van der Waals surface area contributed by atoms with Gasteiger partial charge in [-0.2, -0.15) is 0 Å². The van der Waals surface area contributed by atoms with Gasteiger partial charge in [0.25, 0.3) is 0 Å². The van der Waals surface area contributed by atoms with Gasteiger partial charge in [0.05, 0.1) is 0 Å². The predicted molar refractivity (Wildman–Crippen MR) is 47.0 cm³/mol. The number of aliphatic hydroxyl groups excluding tert-OH is 1. The Morgan fingerprint density at radius 2 is 1.73 bits per heavy atom. The normalized spacial score (nSPS) is 41.7. The molecule has 3 atom stereocenters. The number of fused-ring (bicyclic) bond motifs is 2. The summed E-state index contributed by atoms with van der Waals surface area (Å²) in [7, 11) is 0. The van der Waals surface area contributed by atoms with Crippen LogP contribution < -0.4 is 5.32 Å². The Morgan fingerprint density at radius 3 is 2.18 bits per heavy atom. The standard InChI is InChI=1S/C8H15NO.ClH/c10-5-6-3-7-1-2-8(4-6)9-7;/h6-10H,1-5H2;1H/t6-,7+,8-;. The van der Waals surface area contributed by atoms with Gasteiger partial charge in [-0.25, -0.2) is 0 Å². The average molecular weight is 178 g/mol. The molecular weight excluding hydrogens is 162 g/mol. The van der Waals surface area contributed by atoms with Crippen LogP contribution in [0, 0.1) is 5.92 Å². The van der Waals surface area contributed by atoms with Gasteiger partial charge in [0.1, 0.15) is 0 Å². The third-order valence-electron chi connectivity index (χ3n) is 2.83. The van der Waals surface area contributed by atoms with Crippen LogP contribution in [-0.4, -0.2) is 23.8 Å². The fraction of sp³-hybridized carbons (Fsp3) is 1.00. The lowest BCUT2D eigenvalue weighted by Gasteiger charge is -2.27. The molecule has 0 aromatic rings. The van der Waals surface area contributed by atoms with Gasteiger partial charge in [-0.05, 0) is 31.6 Å². The number of nitrogens with one attached hydrogen (secondary N) is 1. The molecule has 2 N–H and O–H groups in total. The predicted octanol–water partition coefficient (Wildman–Crippen LogP) is 0.931. The van der Waals surface area contributed by atoms with Crippen LogP contribution >= 0.6 is 12.4 Å². The quantitative estimate of drug-likeness (QED) is 0.625. The van der Waals surface area contributed by atoms with Crippen LogP contribution in [-0.2, 0) is 0 Å². The molecule has 2 heterocycles. The number of rotatable bonds is 1. The number of aliphatic hydroxyl groups is 1. The minimum Gasteiger partial charge on any atom is -0.396 e. The van der Waals surface area contributed by atoms with Crippen molar-refractivity contribution in [2.75, 3.05) is 6.61 Å². The van der Waals surface area contributed by atoms with Crippen molar-refractivity contribution >= 4 is 12.4 Å². The Labute approximate surface area is 73.8 Å². The van der Waals surface area contributed by atoms with E-state index in [-0.39, 0.29) is 12.4 Å². The van der Waals surface area contributed by atoms with Gasteiger partial charge >= 0.3 is 0 Å². The van der Waals surface area contributed by atoms with Crippen LogP contribution in [0.25, 0.3) is 0 Å². The highest BCUT2D eigenvalue weighted by Gasteiger charge is 2.32. The first-order valence-corrected chi connectivity index (χ1v) is 4.25. The largest absolute Gasteiger partial charge is 0.396 e. The van der Waals surface area contributed by atoms with Crippen LogP contribution in [0.3, 0.4) is 0 Å². The van der Waals surface area contributed by atoms with Crippen molar-refractivity contribution in [2.45, 2.75) is 37.8 Å². The summed E-state index contributed by atoms with van der Waals surface area (Å²) >= 11 is 0. The second kappa shape index (κ2) is 3.74. The van der Waals surface area contributed by atoms with Gasteiger partial charge in [-0.15, -0.1) is 12.4 Å². The number of hydrogen-bond acceptors (Lipinski definition) is 2. The fourth-order valence-corrected chi connectivity index (χ4v) is 2.32. The number of halogens is 1. The fourth-order valence-electron chi connectivity index (χ4n) is 2.32. The SMILES string of the molecule is Cl.OC[C@H]1C[C@H]2CC[C@@H](C1)N2. The van der Waals surface area contributed by atoms with Crippen molar-refractivity contribution in [3.05, 3.63) is 0 Å². The van der Waals surface area contributed by atoms with Gasteiger partial charge in [-0.3, -0.25) is 0 Å². The molecule has 2 nitrogen and oxygen atoms in total. The highest BCUT2D eigenvalue weighted by Crippen LogP contribution is 2.30. The molecule has 2 rings (SSSR count). The summed E-state index contributed by atoms with van der Waals surface area (Å²) in [6.45, 7) is 0.398. The van der Waals surface area contributed by atoms with Gasteiger partial charge in [0.2, 0.25) is 0 Å². The van der Waals surface area contributed by atoms with E-state index in [0.29, 0.717) is 12.5 Å². The summed E-state index contributed by atoms with van der Waals surface area (Å²) in [6.07, 6.45) is 5.07. The summed E-state index contributed by atoms with van der Waals surface area (Å²) in [6, 6.07) is 1.46. The molecule has 0 aromatic heterocycles. The van der Waals surface area contributed by atoms with E-state index in [0.717, 1.165) is 12.1 Å². The Hall–Kier alpha value is 0.210. The maximum Gasteiger partial charge on any atom is 0.0460 e. The van der Waals surface area contributed by atoms with Gasteiger partial charge in [-0.1, -0.05) is 0 Å². The van der Waals surface area contributed by atoms with Crippen molar-refractivity contribution < 1.29 is 5.11 Å². The zero-order valence-electron chi connectivity index (χ0n) is 6.62. The Bertz CT molecular complexity index is 119. The molecule has 66 valence electrons. The minimum atomic E-state index is 0. The molecule has 0 spiro atoms. The van der Waals surface area contributed by atoms with E-state index < -0.39 is 0 Å². The first kappa shape index (κ1) is 9.30. The van der Waals surface area contributed by atoms with E-state index in [9.17, 15) is 0 Å². The molecule has 0 unspecified atom stereocenters. The molecule has 2 saturated heterocycles. The summed E-state index contributed by atoms with van der Waals surface area (Å²) in [5, 5.41) is 12.5. The lowest BCUT2D eigenvalue weighted by atomic mass is 9.93. The van der Waals surface area contributed by atoms with E-state index in [1.165, 1.54) is 25.7 Å². The monoisotopic (exact) mass is 177 g/mol. The lowest BCUT2D eigenvalue weighted by molar-refractivity contribution is 0.174. The Balaban J connectivity index is 0.000000605. The highest BCUT2D eigenvalue weighted by molar-refractivity contribution is 5.85. The molecule has 3 heteroatoms. The molecule has 11 heavy (non-hydrogen) atoms. The highest BCUT2D eigenvalue weighted by atomic mass is 35.5. The van der Waals surface area contributed by atoms with Crippen molar-refractivity contribution in [3.8, 4) is 0 Å². The smallest absolute Gasteiger partial charge is 0.0460 e. The molecule has 0 saturated carbocycles. The maximum absolute atomic E-state index is 8.93. The molecule has 0 aliphatic carbocycles. The third-order valence-corrected chi connectivity index (χ3v) is 2.83. The summed E-state index contributed by atoms with van der Waals surface area (Å²) < 4.78 is 0. The summed E-state index contributed by atoms with van der Waals surface area (Å²) in [5.74, 6) is 0.596. The molecule has 2 bridgehead atoms. The van der Waals surface area contributed by atoms with Crippen molar-refractivity contribution in [1.82, 2.24) is 5.32 Å². The average Bonchev–Trinajstić information content (AvgIpc) is 2.30. The van der Waals surface area contributed by atoms with Crippen molar-refractivity contribution in [2.24, 2.45) is 5.92 Å². The van der Waals surface area contributed by atoms with Crippen molar-refractivity contribution in [1.29, 1.82) is 0 Å². The van der Waals surface area contributed by atoms with Crippen LogP contribution in [0.5, 0.6) is 0 Å². The molecular formula is C8H16ClNO. The zero-order valence-corrected chi connectivity index (χ0v) is 7.44. The number of hydrogen-bond donors (Lipinski definition) is 2. The molecule has 0 radical (unpaired) electrons. The Kier molecular flexibility index (Phi) is 3.16. The van der Waals surface area contributed by atoms with Gasteiger partial charge in [0, 0.05) is 18.7 Å². The van der Waals surface area contributed by atoms with E-state index >= 15 is 0 Å². The molecule has 2 aliphatic rings.